The van der Waals surface area contributed by atoms with Crippen molar-refractivity contribution < 1.29 is 9.53 Å². The Bertz CT molecular complexity index is 399. The van der Waals surface area contributed by atoms with Crippen LogP contribution in [0.2, 0.25) is 5.02 Å². The van der Waals surface area contributed by atoms with Crippen LogP contribution in [0.15, 0.2) is 24.3 Å². The molecule has 0 bridgehead atoms. The van der Waals surface area contributed by atoms with E-state index in [1.165, 1.54) is 20.0 Å². The molecule has 1 unspecified atom stereocenters. The molecule has 0 N–H and O–H groups in total. The fourth-order valence-corrected chi connectivity index (χ4v) is 2.50. The fourth-order valence-electron chi connectivity index (χ4n) is 2.38. The number of carbonyl (C=O) groups is 1. The van der Waals surface area contributed by atoms with Crippen molar-refractivity contribution in [2.45, 2.75) is 18.8 Å². The molecule has 0 radical (unpaired) electrons. The molecule has 1 aromatic rings. The molecule has 2 rings (SSSR count). The van der Waals surface area contributed by atoms with E-state index in [1.807, 2.05) is 24.3 Å². The van der Waals surface area contributed by atoms with Crippen molar-refractivity contribution in [3.05, 3.63) is 34.9 Å². The Kier molecular flexibility index (Phi) is 4.61. The highest BCUT2D eigenvalue weighted by Gasteiger charge is 2.25. The maximum Gasteiger partial charge on any atom is 0.314 e. The van der Waals surface area contributed by atoms with Gasteiger partial charge in [0, 0.05) is 11.6 Å². The van der Waals surface area contributed by atoms with Crippen LogP contribution >= 0.6 is 11.6 Å². The summed E-state index contributed by atoms with van der Waals surface area (Å²) < 4.78 is 4.91. The van der Waals surface area contributed by atoms with Crippen molar-refractivity contribution in [2.24, 2.45) is 0 Å². The van der Waals surface area contributed by atoms with Gasteiger partial charge >= 0.3 is 5.97 Å². The lowest BCUT2D eigenvalue weighted by molar-refractivity contribution is -0.142. The van der Waals surface area contributed by atoms with Crippen molar-refractivity contribution >= 4 is 17.6 Å². The second-order valence-corrected chi connectivity index (χ2v) is 5.07. The second-order valence-electron chi connectivity index (χ2n) is 4.64. The van der Waals surface area contributed by atoms with E-state index >= 15 is 0 Å². The van der Waals surface area contributed by atoms with E-state index in [4.69, 9.17) is 16.3 Å². The third-order valence-corrected chi connectivity index (χ3v) is 3.65. The monoisotopic (exact) mass is 267 g/mol. The van der Waals surface area contributed by atoms with Gasteiger partial charge in [0.05, 0.1) is 13.0 Å². The van der Waals surface area contributed by atoms with Gasteiger partial charge in [0.2, 0.25) is 0 Å². The standard InChI is InChI=1S/C14H18ClNO2/c1-18-14(17)13(10-16-8-2-3-9-16)11-4-6-12(15)7-5-11/h4-7,13H,2-3,8-10H2,1H3. The molecule has 1 saturated heterocycles. The molecule has 3 nitrogen and oxygen atoms in total. The Morgan fingerprint density at radius 2 is 1.94 bits per heavy atom. The summed E-state index contributed by atoms with van der Waals surface area (Å²) in [5, 5.41) is 0.684. The maximum absolute atomic E-state index is 11.9. The van der Waals surface area contributed by atoms with Crippen LogP contribution in [0.3, 0.4) is 0 Å². The van der Waals surface area contributed by atoms with E-state index in [1.54, 1.807) is 0 Å². The molecule has 1 aliphatic rings. The first-order valence-electron chi connectivity index (χ1n) is 6.26. The molecule has 4 heteroatoms. The molecule has 1 atom stereocenters. The van der Waals surface area contributed by atoms with E-state index in [0.29, 0.717) is 5.02 Å². The molecule has 1 aromatic carbocycles. The fraction of sp³-hybridized carbons (Fsp3) is 0.500. The van der Waals surface area contributed by atoms with Crippen LogP contribution in [0.1, 0.15) is 24.3 Å². The average molecular weight is 268 g/mol. The summed E-state index contributed by atoms with van der Waals surface area (Å²) in [5.74, 6) is -0.394. The van der Waals surface area contributed by atoms with Gasteiger partial charge in [-0.05, 0) is 43.6 Å². The van der Waals surface area contributed by atoms with Crippen LogP contribution in [-0.2, 0) is 9.53 Å². The first-order chi connectivity index (χ1) is 8.70. The van der Waals surface area contributed by atoms with Gasteiger partial charge in [-0.15, -0.1) is 0 Å². The molecule has 0 aliphatic carbocycles. The summed E-state index contributed by atoms with van der Waals surface area (Å²) in [7, 11) is 1.44. The summed E-state index contributed by atoms with van der Waals surface area (Å²) in [6, 6.07) is 7.44. The lowest BCUT2D eigenvalue weighted by Crippen LogP contribution is -2.30. The van der Waals surface area contributed by atoms with Gasteiger partial charge in [0.15, 0.2) is 0 Å². The van der Waals surface area contributed by atoms with Gasteiger partial charge in [0.25, 0.3) is 0 Å². The van der Waals surface area contributed by atoms with Crippen LogP contribution < -0.4 is 0 Å². The summed E-state index contributed by atoms with van der Waals surface area (Å²) in [5.41, 5.74) is 0.971. The zero-order valence-electron chi connectivity index (χ0n) is 10.6. The second kappa shape index (κ2) is 6.21. The molecule has 18 heavy (non-hydrogen) atoms. The van der Waals surface area contributed by atoms with E-state index in [0.717, 1.165) is 25.2 Å². The number of carbonyl (C=O) groups excluding carboxylic acids is 1. The SMILES string of the molecule is COC(=O)C(CN1CCCC1)c1ccc(Cl)cc1. The Hall–Kier alpha value is -1.06. The first-order valence-corrected chi connectivity index (χ1v) is 6.64. The highest BCUT2D eigenvalue weighted by atomic mass is 35.5. The normalized spacial score (nSPS) is 17.7. The van der Waals surface area contributed by atoms with Gasteiger partial charge in [-0.1, -0.05) is 23.7 Å². The van der Waals surface area contributed by atoms with Gasteiger partial charge in [-0.25, -0.2) is 0 Å². The average Bonchev–Trinajstić information content (AvgIpc) is 2.89. The largest absolute Gasteiger partial charge is 0.469 e. The maximum atomic E-state index is 11.9. The molecule has 98 valence electrons. The minimum atomic E-state index is -0.217. The van der Waals surface area contributed by atoms with Crippen LogP contribution in [0, 0.1) is 0 Å². The van der Waals surface area contributed by atoms with Gasteiger partial charge in [-0.2, -0.15) is 0 Å². The minimum absolute atomic E-state index is 0.177. The highest BCUT2D eigenvalue weighted by Crippen LogP contribution is 2.22. The van der Waals surface area contributed by atoms with Crippen molar-refractivity contribution in [1.82, 2.24) is 4.90 Å². The predicted molar refractivity (Wildman–Crippen MR) is 71.9 cm³/mol. The van der Waals surface area contributed by atoms with Crippen molar-refractivity contribution in [3.8, 4) is 0 Å². The summed E-state index contributed by atoms with van der Waals surface area (Å²) in [6.07, 6.45) is 2.43. The van der Waals surface area contributed by atoms with Crippen molar-refractivity contribution in [2.75, 3.05) is 26.7 Å². The van der Waals surface area contributed by atoms with E-state index in [-0.39, 0.29) is 11.9 Å². The van der Waals surface area contributed by atoms with Gasteiger partial charge < -0.3 is 9.64 Å². The Morgan fingerprint density at radius 1 is 1.33 bits per heavy atom. The lowest BCUT2D eigenvalue weighted by atomic mass is 9.99. The topological polar surface area (TPSA) is 29.5 Å². The third kappa shape index (κ3) is 3.24. The number of esters is 1. The van der Waals surface area contributed by atoms with Crippen molar-refractivity contribution in [3.63, 3.8) is 0 Å². The molecule has 0 amide bonds. The molecule has 0 saturated carbocycles. The highest BCUT2D eigenvalue weighted by molar-refractivity contribution is 6.30. The number of methoxy groups -OCH3 is 1. The van der Waals surface area contributed by atoms with Crippen LogP contribution in [0.25, 0.3) is 0 Å². The van der Waals surface area contributed by atoms with E-state index < -0.39 is 0 Å². The molecular weight excluding hydrogens is 250 g/mol. The molecule has 0 aromatic heterocycles. The number of hydrogen-bond acceptors (Lipinski definition) is 3. The zero-order valence-corrected chi connectivity index (χ0v) is 11.3. The number of ether oxygens (including phenoxy) is 1. The number of likely N-dealkylation sites (tertiary alicyclic amines) is 1. The van der Waals surface area contributed by atoms with Crippen molar-refractivity contribution in [1.29, 1.82) is 0 Å². The molecular formula is C14H18ClNO2. The Morgan fingerprint density at radius 3 is 2.50 bits per heavy atom. The molecule has 1 fully saturated rings. The smallest absolute Gasteiger partial charge is 0.314 e. The molecule has 1 aliphatic heterocycles. The molecule has 1 heterocycles. The van der Waals surface area contributed by atoms with Gasteiger partial charge in [0.1, 0.15) is 0 Å². The number of nitrogens with zero attached hydrogens (tertiary/aromatic N) is 1. The van der Waals surface area contributed by atoms with Gasteiger partial charge in [-0.3, -0.25) is 4.79 Å². The lowest BCUT2D eigenvalue weighted by Gasteiger charge is -2.22. The quantitative estimate of drug-likeness (QED) is 0.786. The van der Waals surface area contributed by atoms with E-state index in [2.05, 4.69) is 4.90 Å². The summed E-state index contributed by atoms with van der Waals surface area (Å²) in [6.45, 7) is 2.87. The minimum Gasteiger partial charge on any atom is -0.469 e. The van der Waals surface area contributed by atoms with Crippen LogP contribution in [0.5, 0.6) is 0 Å². The summed E-state index contributed by atoms with van der Waals surface area (Å²) in [4.78, 5) is 14.2. The van der Waals surface area contributed by atoms with Crippen LogP contribution in [0.4, 0.5) is 0 Å². The molecule has 0 spiro atoms. The third-order valence-electron chi connectivity index (χ3n) is 3.40. The number of halogens is 1. The zero-order chi connectivity index (χ0) is 13.0. The number of rotatable bonds is 4. The Labute approximate surface area is 113 Å². The Balaban J connectivity index is 2.13. The summed E-state index contributed by atoms with van der Waals surface area (Å²) >= 11 is 5.87. The predicted octanol–water partition coefficient (Wildman–Crippen LogP) is 2.69. The number of hydrogen-bond donors (Lipinski definition) is 0. The first kappa shape index (κ1) is 13.4. The number of benzene rings is 1. The van der Waals surface area contributed by atoms with Crippen LogP contribution in [-0.4, -0.2) is 37.6 Å². The van der Waals surface area contributed by atoms with E-state index in [9.17, 15) is 4.79 Å².